The maximum Gasteiger partial charge on any atom is 0.256 e. The van der Waals surface area contributed by atoms with Gasteiger partial charge in [0.05, 0.1) is 6.07 Å². The summed E-state index contributed by atoms with van der Waals surface area (Å²) in [6, 6.07) is 39.7. The second kappa shape index (κ2) is 10.9. The molecule has 4 aromatic rings. The standard InChI is InChI=1S/C34H30N4O2/c1-37(26-19-11-5-12-20-26)32(39)29-28(24-15-7-3-8-16-24)30(25-17-9-4-10-18-25)34(23-35,31(29)36)33(40)38(2)27-21-13-6-14-22-27/h3-22,28,30H,36H2,1-2H3/t28-,30+,34-/m1/s1. The van der Waals surface area contributed by atoms with E-state index in [2.05, 4.69) is 6.07 Å². The van der Waals surface area contributed by atoms with Crippen LogP contribution in [-0.2, 0) is 9.59 Å². The van der Waals surface area contributed by atoms with Crippen LogP contribution in [0.25, 0.3) is 0 Å². The Balaban J connectivity index is 1.77. The van der Waals surface area contributed by atoms with E-state index in [0.717, 1.165) is 11.1 Å². The van der Waals surface area contributed by atoms with E-state index in [1.807, 2.05) is 109 Å². The molecule has 3 atom stereocenters. The number of nitrogens with two attached hydrogens (primary N) is 1. The zero-order valence-corrected chi connectivity index (χ0v) is 22.4. The van der Waals surface area contributed by atoms with Crippen LogP contribution in [0.3, 0.4) is 0 Å². The van der Waals surface area contributed by atoms with Crippen LogP contribution in [0.4, 0.5) is 11.4 Å². The molecule has 0 aromatic heterocycles. The summed E-state index contributed by atoms with van der Waals surface area (Å²) < 4.78 is 0. The van der Waals surface area contributed by atoms with Crippen LogP contribution in [0.2, 0.25) is 0 Å². The molecule has 0 unspecified atom stereocenters. The maximum absolute atomic E-state index is 14.5. The molecule has 0 radical (unpaired) electrons. The lowest BCUT2D eigenvalue weighted by Crippen LogP contribution is -2.47. The molecule has 198 valence electrons. The van der Waals surface area contributed by atoms with Gasteiger partial charge < -0.3 is 15.5 Å². The van der Waals surface area contributed by atoms with E-state index < -0.39 is 23.2 Å². The van der Waals surface area contributed by atoms with E-state index in [4.69, 9.17) is 5.73 Å². The van der Waals surface area contributed by atoms with Crippen LogP contribution in [-0.4, -0.2) is 25.9 Å². The van der Waals surface area contributed by atoms with Crippen molar-refractivity contribution in [3.8, 4) is 6.07 Å². The molecule has 2 N–H and O–H groups in total. The minimum Gasteiger partial charge on any atom is -0.400 e. The largest absolute Gasteiger partial charge is 0.400 e. The van der Waals surface area contributed by atoms with Crippen molar-refractivity contribution >= 4 is 23.2 Å². The second-order valence-electron chi connectivity index (χ2n) is 9.92. The third kappa shape index (κ3) is 4.32. The summed E-state index contributed by atoms with van der Waals surface area (Å²) in [5.74, 6) is -2.23. The quantitative estimate of drug-likeness (QED) is 0.353. The number of amides is 2. The van der Waals surface area contributed by atoms with Crippen molar-refractivity contribution in [1.82, 2.24) is 0 Å². The Labute approximate surface area is 234 Å². The lowest BCUT2D eigenvalue weighted by atomic mass is 9.68. The Hall–Kier alpha value is -5.15. The number of rotatable bonds is 6. The van der Waals surface area contributed by atoms with Gasteiger partial charge in [0.1, 0.15) is 0 Å². The molecule has 4 aromatic carbocycles. The first kappa shape index (κ1) is 26.5. The van der Waals surface area contributed by atoms with Crippen molar-refractivity contribution in [3.05, 3.63) is 144 Å². The smallest absolute Gasteiger partial charge is 0.256 e. The number of para-hydroxylation sites is 2. The second-order valence-corrected chi connectivity index (χ2v) is 9.92. The normalized spacial score (nSPS) is 20.0. The predicted octanol–water partition coefficient (Wildman–Crippen LogP) is 5.62. The lowest BCUT2D eigenvalue weighted by molar-refractivity contribution is -0.124. The van der Waals surface area contributed by atoms with E-state index in [1.165, 1.54) is 9.80 Å². The lowest BCUT2D eigenvalue weighted by Gasteiger charge is -2.35. The zero-order chi connectivity index (χ0) is 28.3. The fourth-order valence-corrected chi connectivity index (χ4v) is 5.74. The van der Waals surface area contributed by atoms with Gasteiger partial charge in [-0.15, -0.1) is 0 Å². The molecular formula is C34H30N4O2. The van der Waals surface area contributed by atoms with E-state index in [1.54, 1.807) is 26.2 Å². The Bertz CT molecular complexity index is 1580. The van der Waals surface area contributed by atoms with Gasteiger partial charge in [-0.1, -0.05) is 97.1 Å². The van der Waals surface area contributed by atoms with Crippen LogP contribution >= 0.6 is 0 Å². The number of carbonyl (C=O) groups is 2. The first-order valence-corrected chi connectivity index (χ1v) is 13.1. The number of anilines is 2. The van der Waals surface area contributed by atoms with Crippen molar-refractivity contribution in [1.29, 1.82) is 5.26 Å². The van der Waals surface area contributed by atoms with Gasteiger partial charge >= 0.3 is 0 Å². The molecule has 0 saturated heterocycles. The minimum atomic E-state index is -1.84. The minimum absolute atomic E-state index is 0.0155. The Morgan fingerprint density at radius 1 is 0.700 bits per heavy atom. The molecule has 5 rings (SSSR count). The van der Waals surface area contributed by atoms with Crippen LogP contribution in [0, 0.1) is 16.7 Å². The predicted molar refractivity (Wildman–Crippen MR) is 157 cm³/mol. The Kier molecular flexibility index (Phi) is 7.22. The molecular weight excluding hydrogens is 496 g/mol. The van der Waals surface area contributed by atoms with Gasteiger partial charge in [0.25, 0.3) is 11.8 Å². The molecule has 0 heterocycles. The highest BCUT2D eigenvalue weighted by Gasteiger charge is 2.62. The number of benzene rings is 4. The Morgan fingerprint density at radius 2 is 1.12 bits per heavy atom. The molecule has 40 heavy (non-hydrogen) atoms. The molecule has 1 aliphatic rings. The number of hydrogen-bond donors (Lipinski definition) is 1. The van der Waals surface area contributed by atoms with E-state index >= 15 is 0 Å². The fourth-order valence-electron chi connectivity index (χ4n) is 5.74. The highest BCUT2D eigenvalue weighted by Crippen LogP contribution is 2.59. The fraction of sp³-hybridized carbons (Fsp3) is 0.147. The average Bonchev–Trinajstić information content (AvgIpc) is 3.30. The van der Waals surface area contributed by atoms with Crippen molar-refractivity contribution in [2.45, 2.75) is 11.8 Å². The molecule has 2 amide bonds. The molecule has 0 spiro atoms. The molecule has 0 bridgehead atoms. The molecule has 6 heteroatoms. The van der Waals surface area contributed by atoms with Crippen molar-refractivity contribution in [2.75, 3.05) is 23.9 Å². The van der Waals surface area contributed by atoms with Gasteiger partial charge in [-0.25, -0.2) is 0 Å². The van der Waals surface area contributed by atoms with Crippen LogP contribution in [0.1, 0.15) is 23.0 Å². The van der Waals surface area contributed by atoms with Gasteiger partial charge in [0.15, 0.2) is 5.41 Å². The van der Waals surface area contributed by atoms with Gasteiger partial charge in [0.2, 0.25) is 0 Å². The third-order valence-corrected chi connectivity index (χ3v) is 7.78. The van der Waals surface area contributed by atoms with Gasteiger partial charge in [0, 0.05) is 48.6 Å². The molecule has 1 aliphatic carbocycles. The first-order chi connectivity index (χ1) is 19.4. The molecule has 0 saturated carbocycles. The highest BCUT2D eigenvalue weighted by atomic mass is 16.2. The summed E-state index contributed by atoms with van der Waals surface area (Å²) in [5, 5.41) is 11.0. The van der Waals surface area contributed by atoms with Crippen LogP contribution in [0.15, 0.2) is 133 Å². The zero-order valence-electron chi connectivity index (χ0n) is 22.4. The summed E-state index contributed by atoms with van der Waals surface area (Å²) in [5.41, 5.74) is 8.17. The van der Waals surface area contributed by atoms with Crippen molar-refractivity contribution in [2.24, 2.45) is 11.1 Å². The summed E-state index contributed by atoms with van der Waals surface area (Å²) in [6.45, 7) is 0. The summed E-state index contributed by atoms with van der Waals surface area (Å²) in [6.07, 6.45) is 0. The number of hydrogen-bond acceptors (Lipinski definition) is 4. The summed E-state index contributed by atoms with van der Waals surface area (Å²) in [7, 11) is 3.32. The SMILES string of the molecule is CN(C(=O)C1=C(N)[C@](C#N)(C(=O)N(C)c2ccccc2)[C@@H](c2ccccc2)[C@@H]1c1ccccc1)c1ccccc1. The van der Waals surface area contributed by atoms with Gasteiger partial charge in [-0.3, -0.25) is 9.59 Å². The topological polar surface area (TPSA) is 90.4 Å². The highest BCUT2D eigenvalue weighted by molar-refractivity contribution is 6.11. The van der Waals surface area contributed by atoms with Crippen molar-refractivity contribution in [3.63, 3.8) is 0 Å². The van der Waals surface area contributed by atoms with Gasteiger partial charge in [-0.05, 0) is 35.4 Å². The number of carbonyl (C=O) groups excluding carboxylic acids is 2. The first-order valence-electron chi connectivity index (χ1n) is 13.1. The molecule has 0 fully saturated rings. The number of nitriles is 1. The van der Waals surface area contributed by atoms with Crippen LogP contribution in [0.5, 0.6) is 0 Å². The van der Waals surface area contributed by atoms with E-state index in [0.29, 0.717) is 11.4 Å². The summed E-state index contributed by atoms with van der Waals surface area (Å²) >= 11 is 0. The number of likely N-dealkylation sites (N-methyl/N-ethyl adjacent to an activating group) is 1. The van der Waals surface area contributed by atoms with E-state index in [-0.39, 0.29) is 17.2 Å². The number of nitrogens with zero attached hydrogens (tertiary/aromatic N) is 3. The molecule has 0 aliphatic heterocycles. The summed E-state index contributed by atoms with van der Waals surface area (Å²) in [4.78, 5) is 31.9. The Morgan fingerprint density at radius 3 is 1.60 bits per heavy atom. The van der Waals surface area contributed by atoms with Crippen LogP contribution < -0.4 is 15.5 Å². The maximum atomic E-state index is 14.5. The van der Waals surface area contributed by atoms with E-state index in [9.17, 15) is 14.9 Å². The third-order valence-electron chi connectivity index (χ3n) is 7.78. The monoisotopic (exact) mass is 526 g/mol. The van der Waals surface area contributed by atoms with Crippen molar-refractivity contribution < 1.29 is 9.59 Å². The molecule has 6 nitrogen and oxygen atoms in total. The average molecular weight is 527 g/mol. The van der Waals surface area contributed by atoms with Gasteiger partial charge in [-0.2, -0.15) is 5.26 Å².